The van der Waals surface area contributed by atoms with Crippen LogP contribution in [0.2, 0.25) is 0 Å². The topological polar surface area (TPSA) is 63.7 Å². The predicted molar refractivity (Wildman–Crippen MR) is 90.4 cm³/mol. The van der Waals surface area contributed by atoms with Crippen LogP contribution in [0, 0.1) is 5.82 Å². The quantitative estimate of drug-likeness (QED) is 0.868. The average Bonchev–Trinajstić information content (AvgIpc) is 2.97. The van der Waals surface area contributed by atoms with Gasteiger partial charge in [0.25, 0.3) is 5.91 Å². The van der Waals surface area contributed by atoms with E-state index < -0.39 is 0 Å². The molecule has 0 saturated carbocycles. The maximum absolute atomic E-state index is 13.4. The van der Waals surface area contributed by atoms with E-state index in [0.717, 1.165) is 6.54 Å². The first kappa shape index (κ1) is 17.2. The van der Waals surface area contributed by atoms with Crippen molar-refractivity contribution >= 4 is 5.91 Å². The van der Waals surface area contributed by atoms with Gasteiger partial charge in [-0.1, -0.05) is 0 Å². The highest BCUT2D eigenvalue weighted by Crippen LogP contribution is 2.32. The molecule has 0 saturated heterocycles. The second-order valence-corrected chi connectivity index (χ2v) is 6.06. The fourth-order valence-electron chi connectivity index (χ4n) is 2.48. The van der Waals surface area contributed by atoms with Gasteiger partial charge in [0.15, 0.2) is 0 Å². The number of hydrogen-bond acceptors (Lipinski definition) is 5. The Hall–Kier alpha value is -2.67. The SMILES string of the molecule is CN(C)CCOc1ccc(C(=O)NC2COc3ccc(F)cc32)cn1. The van der Waals surface area contributed by atoms with Crippen molar-refractivity contribution in [3.05, 3.63) is 53.5 Å². The van der Waals surface area contributed by atoms with E-state index >= 15 is 0 Å². The van der Waals surface area contributed by atoms with Crippen LogP contribution < -0.4 is 14.8 Å². The van der Waals surface area contributed by atoms with E-state index in [2.05, 4.69) is 10.3 Å². The van der Waals surface area contributed by atoms with Crippen LogP contribution in [0.1, 0.15) is 22.0 Å². The third kappa shape index (κ3) is 4.24. The first-order chi connectivity index (χ1) is 12.0. The number of pyridine rings is 1. The van der Waals surface area contributed by atoms with Crippen molar-refractivity contribution in [3.8, 4) is 11.6 Å². The van der Waals surface area contributed by atoms with Crippen molar-refractivity contribution in [2.45, 2.75) is 6.04 Å². The van der Waals surface area contributed by atoms with Crippen LogP contribution in [0.5, 0.6) is 11.6 Å². The predicted octanol–water partition coefficient (Wildman–Crippen LogP) is 2.02. The molecule has 1 aromatic carbocycles. The normalized spacial score (nSPS) is 15.6. The highest BCUT2D eigenvalue weighted by molar-refractivity contribution is 5.94. The first-order valence-corrected chi connectivity index (χ1v) is 7.99. The van der Waals surface area contributed by atoms with Crippen LogP contribution in [0.3, 0.4) is 0 Å². The molecule has 0 fully saturated rings. The number of ether oxygens (including phenoxy) is 2. The molecule has 1 N–H and O–H groups in total. The number of fused-ring (bicyclic) bond motifs is 1. The standard InChI is InChI=1S/C18H20FN3O3/c1-22(2)7-8-24-17-6-3-12(10-20-17)18(23)21-15-11-25-16-5-4-13(19)9-14(15)16/h3-6,9-10,15H,7-8,11H2,1-2H3,(H,21,23). The molecule has 1 aromatic heterocycles. The smallest absolute Gasteiger partial charge is 0.253 e. The molecule has 25 heavy (non-hydrogen) atoms. The van der Waals surface area contributed by atoms with Crippen molar-refractivity contribution in [3.63, 3.8) is 0 Å². The van der Waals surface area contributed by atoms with Gasteiger partial charge in [0.1, 0.15) is 24.8 Å². The number of carbonyl (C=O) groups is 1. The number of aromatic nitrogens is 1. The zero-order valence-corrected chi connectivity index (χ0v) is 14.2. The monoisotopic (exact) mass is 345 g/mol. The van der Waals surface area contributed by atoms with Crippen LogP contribution in [0.4, 0.5) is 4.39 Å². The van der Waals surface area contributed by atoms with E-state index in [9.17, 15) is 9.18 Å². The summed E-state index contributed by atoms with van der Waals surface area (Å²) in [7, 11) is 3.92. The number of carbonyl (C=O) groups excluding carboxylic acids is 1. The highest BCUT2D eigenvalue weighted by atomic mass is 19.1. The minimum atomic E-state index is -0.380. The third-order valence-electron chi connectivity index (χ3n) is 3.85. The van der Waals surface area contributed by atoms with E-state index in [4.69, 9.17) is 9.47 Å². The number of nitrogens with one attached hydrogen (secondary N) is 1. The van der Waals surface area contributed by atoms with Crippen LogP contribution in [0.15, 0.2) is 36.5 Å². The number of hydrogen-bond donors (Lipinski definition) is 1. The van der Waals surface area contributed by atoms with E-state index in [1.165, 1.54) is 18.3 Å². The summed E-state index contributed by atoms with van der Waals surface area (Å²) in [6.07, 6.45) is 1.46. The van der Waals surface area contributed by atoms with E-state index in [1.54, 1.807) is 18.2 Å². The van der Waals surface area contributed by atoms with Gasteiger partial charge in [-0.05, 0) is 38.4 Å². The molecule has 3 rings (SSSR count). The summed E-state index contributed by atoms with van der Waals surface area (Å²) in [4.78, 5) is 18.5. The van der Waals surface area contributed by atoms with Gasteiger partial charge in [-0.2, -0.15) is 0 Å². The van der Waals surface area contributed by atoms with Gasteiger partial charge in [0.05, 0.1) is 11.6 Å². The molecule has 1 amide bonds. The number of nitrogens with zero attached hydrogens (tertiary/aromatic N) is 2. The summed E-state index contributed by atoms with van der Waals surface area (Å²) in [5, 5.41) is 2.84. The van der Waals surface area contributed by atoms with Crippen LogP contribution in [-0.2, 0) is 0 Å². The Kier molecular flexibility index (Phi) is 5.14. The van der Waals surface area contributed by atoms with Gasteiger partial charge in [0, 0.05) is 24.4 Å². The number of likely N-dealkylation sites (N-methyl/N-ethyl adjacent to an activating group) is 1. The Morgan fingerprint density at radius 2 is 2.24 bits per heavy atom. The van der Waals surface area contributed by atoms with Gasteiger partial charge < -0.3 is 19.7 Å². The van der Waals surface area contributed by atoms with E-state index in [-0.39, 0.29) is 24.4 Å². The minimum absolute atomic E-state index is 0.281. The second kappa shape index (κ2) is 7.48. The van der Waals surface area contributed by atoms with Crippen LogP contribution in [-0.4, -0.2) is 49.6 Å². The fraction of sp³-hybridized carbons (Fsp3) is 0.333. The molecule has 0 radical (unpaired) electrons. The van der Waals surface area contributed by atoms with Gasteiger partial charge >= 0.3 is 0 Å². The van der Waals surface area contributed by atoms with Gasteiger partial charge in [-0.25, -0.2) is 9.37 Å². The van der Waals surface area contributed by atoms with Crippen molar-refractivity contribution in [1.82, 2.24) is 15.2 Å². The summed E-state index contributed by atoms with van der Waals surface area (Å²) in [6, 6.07) is 7.21. The molecule has 2 heterocycles. The van der Waals surface area contributed by atoms with E-state index in [1.807, 2.05) is 19.0 Å². The van der Waals surface area contributed by atoms with Gasteiger partial charge in [-0.3, -0.25) is 4.79 Å². The largest absolute Gasteiger partial charge is 0.491 e. The number of benzene rings is 1. The molecule has 1 atom stereocenters. The zero-order chi connectivity index (χ0) is 17.8. The maximum atomic E-state index is 13.4. The molecule has 0 spiro atoms. The maximum Gasteiger partial charge on any atom is 0.253 e. The molecule has 6 nitrogen and oxygen atoms in total. The molecule has 2 aromatic rings. The van der Waals surface area contributed by atoms with Crippen LogP contribution >= 0.6 is 0 Å². The van der Waals surface area contributed by atoms with Gasteiger partial charge in [0.2, 0.25) is 5.88 Å². The van der Waals surface area contributed by atoms with Crippen molar-refractivity contribution < 1.29 is 18.7 Å². The first-order valence-electron chi connectivity index (χ1n) is 7.99. The van der Waals surface area contributed by atoms with E-state index in [0.29, 0.717) is 29.4 Å². The molecular weight excluding hydrogens is 325 g/mol. The summed E-state index contributed by atoms with van der Waals surface area (Å²) in [6.45, 7) is 1.58. The summed E-state index contributed by atoms with van der Waals surface area (Å²) in [5.74, 6) is 0.409. The molecule has 1 aliphatic rings. The lowest BCUT2D eigenvalue weighted by Gasteiger charge is -2.12. The summed E-state index contributed by atoms with van der Waals surface area (Å²) in [5.41, 5.74) is 1.05. The Labute approximate surface area is 145 Å². The lowest BCUT2D eigenvalue weighted by Crippen LogP contribution is -2.29. The lowest BCUT2D eigenvalue weighted by atomic mass is 10.1. The number of halogens is 1. The molecule has 0 aliphatic carbocycles. The molecule has 1 aliphatic heterocycles. The zero-order valence-electron chi connectivity index (χ0n) is 14.2. The molecule has 1 unspecified atom stereocenters. The second-order valence-electron chi connectivity index (χ2n) is 6.06. The molecule has 7 heteroatoms. The molecule has 0 bridgehead atoms. The Morgan fingerprint density at radius 1 is 1.40 bits per heavy atom. The Bertz CT molecular complexity index is 750. The van der Waals surface area contributed by atoms with Crippen molar-refractivity contribution in [1.29, 1.82) is 0 Å². The highest BCUT2D eigenvalue weighted by Gasteiger charge is 2.26. The number of amides is 1. The van der Waals surface area contributed by atoms with Crippen molar-refractivity contribution in [2.24, 2.45) is 0 Å². The number of rotatable bonds is 6. The summed E-state index contributed by atoms with van der Waals surface area (Å²) >= 11 is 0. The fourth-order valence-corrected chi connectivity index (χ4v) is 2.48. The minimum Gasteiger partial charge on any atom is -0.491 e. The van der Waals surface area contributed by atoms with Crippen LogP contribution in [0.25, 0.3) is 0 Å². The summed E-state index contributed by atoms with van der Waals surface area (Å²) < 4.78 is 24.4. The lowest BCUT2D eigenvalue weighted by molar-refractivity contribution is 0.0930. The molecular formula is C18H20FN3O3. The van der Waals surface area contributed by atoms with Gasteiger partial charge in [-0.15, -0.1) is 0 Å². The Balaban J connectivity index is 1.60. The average molecular weight is 345 g/mol. The van der Waals surface area contributed by atoms with Crippen molar-refractivity contribution in [2.75, 3.05) is 33.9 Å². The molecule has 132 valence electrons. The Morgan fingerprint density at radius 3 is 2.96 bits per heavy atom. The third-order valence-corrected chi connectivity index (χ3v) is 3.85.